The molecule has 0 bridgehead atoms. The number of aromatic nitrogens is 2. The molecule has 0 atom stereocenters. The molecule has 1 heterocycles. The Hall–Kier alpha value is -1.10. The van der Waals surface area contributed by atoms with E-state index in [1.165, 1.54) is 0 Å². The van der Waals surface area contributed by atoms with Gasteiger partial charge in [-0.05, 0) is 5.16 Å². The first-order valence-corrected chi connectivity index (χ1v) is 2.40. The molecule has 0 aromatic carbocycles. The van der Waals surface area contributed by atoms with Crippen molar-refractivity contribution < 1.29 is 9.26 Å². The second-order valence-corrected chi connectivity index (χ2v) is 1.48. The van der Waals surface area contributed by atoms with Gasteiger partial charge >= 0.3 is 0 Å². The molecule has 50 valence electrons. The maximum atomic E-state index is 5.14. The molecule has 0 aliphatic rings. The van der Waals surface area contributed by atoms with Crippen LogP contribution < -0.4 is 5.73 Å². The normalized spacial score (nSPS) is 9.89. The van der Waals surface area contributed by atoms with E-state index in [0.717, 1.165) is 0 Å². The fourth-order valence-electron chi connectivity index (χ4n) is 0.450. The molecule has 5 heteroatoms. The standard InChI is InChI=1S/C4H7N3O2/c1-8-2-3-6-4(5)7-9-3/h2H2,1H3,(H2,5,7). The lowest BCUT2D eigenvalue weighted by atomic mass is 10.7. The lowest BCUT2D eigenvalue weighted by Gasteiger charge is -1.85. The van der Waals surface area contributed by atoms with E-state index in [-0.39, 0.29) is 5.95 Å². The highest BCUT2D eigenvalue weighted by atomic mass is 16.5. The van der Waals surface area contributed by atoms with E-state index in [2.05, 4.69) is 19.4 Å². The van der Waals surface area contributed by atoms with E-state index in [9.17, 15) is 0 Å². The molecule has 0 saturated carbocycles. The summed E-state index contributed by atoms with van der Waals surface area (Å²) in [4.78, 5) is 3.68. The van der Waals surface area contributed by atoms with Crippen molar-refractivity contribution in [3.8, 4) is 0 Å². The van der Waals surface area contributed by atoms with Gasteiger partial charge in [0.25, 0.3) is 11.8 Å². The summed E-state index contributed by atoms with van der Waals surface area (Å²) in [6, 6.07) is 0. The van der Waals surface area contributed by atoms with Gasteiger partial charge in [-0.3, -0.25) is 0 Å². The zero-order chi connectivity index (χ0) is 6.69. The van der Waals surface area contributed by atoms with Crippen LogP contribution in [0.25, 0.3) is 0 Å². The van der Waals surface area contributed by atoms with Crippen LogP contribution in [0, 0.1) is 0 Å². The van der Waals surface area contributed by atoms with Gasteiger partial charge in [0.05, 0.1) is 0 Å². The Morgan fingerprint density at radius 2 is 2.56 bits per heavy atom. The van der Waals surface area contributed by atoms with E-state index in [4.69, 9.17) is 5.73 Å². The summed E-state index contributed by atoms with van der Waals surface area (Å²) >= 11 is 0. The number of anilines is 1. The number of nitrogen functional groups attached to an aromatic ring is 1. The zero-order valence-corrected chi connectivity index (χ0v) is 5.00. The van der Waals surface area contributed by atoms with Crippen molar-refractivity contribution in [2.75, 3.05) is 12.8 Å². The number of methoxy groups -OCH3 is 1. The second-order valence-electron chi connectivity index (χ2n) is 1.48. The molecule has 2 N–H and O–H groups in total. The van der Waals surface area contributed by atoms with Gasteiger partial charge in [0.2, 0.25) is 0 Å². The predicted octanol–water partition coefficient (Wildman–Crippen LogP) is -0.202. The third kappa shape index (κ3) is 1.39. The highest BCUT2D eigenvalue weighted by molar-refractivity contribution is 5.09. The summed E-state index contributed by atoms with van der Waals surface area (Å²) in [6.07, 6.45) is 0. The van der Waals surface area contributed by atoms with E-state index < -0.39 is 0 Å². The Morgan fingerprint density at radius 1 is 1.78 bits per heavy atom. The van der Waals surface area contributed by atoms with Gasteiger partial charge in [-0.1, -0.05) is 0 Å². The maximum absolute atomic E-state index is 5.14. The van der Waals surface area contributed by atoms with Crippen LogP contribution in [0.1, 0.15) is 5.89 Å². The topological polar surface area (TPSA) is 74.2 Å². The van der Waals surface area contributed by atoms with Gasteiger partial charge in [0.15, 0.2) is 0 Å². The van der Waals surface area contributed by atoms with Crippen molar-refractivity contribution in [3.05, 3.63) is 5.89 Å². The number of hydrogen-bond acceptors (Lipinski definition) is 5. The predicted molar refractivity (Wildman–Crippen MR) is 29.4 cm³/mol. The Balaban J connectivity index is 2.61. The number of rotatable bonds is 2. The van der Waals surface area contributed by atoms with E-state index in [1.807, 2.05) is 0 Å². The summed E-state index contributed by atoms with van der Waals surface area (Å²) in [5.74, 6) is 0.539. The Morgan fingerprint density at radius 3 is 3.00 bits per heavy atom. The fourth-order valence-corrected chi connectivity index (χ4v) is 0.450. The molecule has 1 aromatic heterocycles. The van der Waals surface area contributed by atoms with Crippen molar-refractivity contribution >= 4 is 5.95 Å². The molecule has 9 heavy (non-hydrogen) atoms. The summed E-state index contributed by atoms with van der Waals surface area (Å²) in [6.45, 7) is 0.310. The first kappa shape index (κ1) is 6.03. The van der Waals surface area contributed by atoms with Crippen LogP contribution in [0.3, 0.4) is 0 Å². The first-order valence-electron chi connectivity index (χ1n) is 2.40. The van der Waals surface area contributed by atoms with Gasteiger partial charge in [-0.25, -0.2) is 0 Å². The van der Waals surface area contributed by atoms with Crippen LogP contribution in [0.4, 0.5) is 5.95 Å². The Bertz CT molecular complexity index is 186. The van der Waals surface area contributed by atoms with Gasteiger partial charge < -0.3 is 15.0 Å². The van der Waals surface area contributed by atoms with Crippen molar-refractivity contribution in [3.63, 3.8) is 0 Å². The van der Waals surface area contributed by atoms with E-state index in [0.29, 0.717) is 12.5 Å². The molecule has 0 aliphatic carbocycles. The van der Waals surface area contributed by atoms with Crippen LogP contribution in [0.5, 0.6) is 0 Å². The quantitative estimate of drug-likeness (QED) is 0.598. The lowest BCUT2D eigenvalue weighted by Crippen LogP contribution is -1.89. The van der Waals surface area contributed by atoms with Gasteiger partial charge in [0, 0.05) is 7.11 Å². The molecule has 0 fully saturated rings. The number of ether oxygens (including phenoxy) is 1. The average Bonchev–Trinajstić information content (AvgIpc) is 2.17. The van der Waals surface area contributed by atoms with Gasteiger partial charge in [-0.15, -0.1) is 0 Å². The molecular formula is C4H7N3O2. The number of nitrogens with zero attached hydrogens (tertiary/aromatic N) is 2. The van der Waals surface area contributed by atoms with Crippen LogP contribution in [-0.2, 0) is 11.3 Å². The number of hydrogen-bond donors (Lipinski definition) is 1. The van der Waals surface area contributed by atoms with Crippen LogP contribution >= 0.6 is 0 Å². The van der Waals surface area contributed by atoms with Crippen molar-refractivity contribution in [2.24, 2.45) is 0 Å². The first-order chi connectivity index (χ1) is 4.33. The van der Waals surface area contributed by atoms with E-state index in [1.54, 1.807) is 7.11 Å². The van der Waals surface area contributed by atoms with Crippen molar-refractivity contribution in [1.82, 2.24) is 10.1 Å². The summed E-state index contributed by atoms with van der Waals surface area (Å²) in [7, 11) is 1.54. The second kappa shape index (κ2) is 2.45. The lowest BCUT2D eigenvalue weighted by molar-refractivity contribution is 0.151. The van der Waals surface area contributed by atoms with Crippen LogP contribution in [0.15, 0.2) is 4.52 Å². The molecule has 0 aliphatic heterocycles. The molecular weight excluding hydrogens is 122 g/mol. The minimum Gasteiger partial charge on any atom is -0.375 e. The van der Waals surface area contributed by atoms with Gasteiger partial charge in [0.1, 0.15) is 6.61 Å². The maximum Gasteiger partial charge on any atom is 0.260 e. The highest BCUT2D eigenvalue weighted by Crippen LogP contribution is 1.97. The summed E-state index contributed by atoms with van der Waals surface area (Å²) in [5, 5.41) is 3.35. The summed E-state index contributed by atoms with van der Waals surface area (Å²) < 4.78 is 9.28. The molecule has 0 spiro atoms. The molecule has 1 aromatic rings. The van der Waals surface area contributed by atoms with Crippen molar-refractivity contribution in [1.29, 1.82) is 0 Å². The van der Waals surface area contributed by atoms with E-state index >= 15 is 0 Å². The third-order valence-corrected chi connectivity index (χ3v) is 0.752. The monoisotopic (exact) mass is 129 g/mol. The minimum absolute atomic E-state index is 0.141. The molecule has 0 unspecified atom stereocenters. The molecule has 0 radical (unpaired) electrons. The van der Waals surface area contributed by atoms with Crippen LogP contribution in [-0.4, -0.2) is 17.3 Å². The zero-order valence-electron chi connectivity index (χ0n) is 5.00. The molecule has 1 rings (SSSR count). The third-order valence-electron chi connectivity index (χ3n) is 0.752. The molecule has 0 amide bonds. The summed E-state index contributed by atoms with van der Waals surface area (Å²) in [5.41, 5.74) is 5.14. The fraction of sp³-hybridized carbons (Fsp3) is 0.500. The van der Waals surface area contributed by atoms with Gasteiger partial charge in [-0.2, -0.15) is 4.98 Å². The van der Waals surface area contributed by atoms with Crippen molar-refractivity contribution in [2.45, 2.75) is 6.61 Å². The highest BCUT2D eigenvalue weighted by Gasteiger charge is 1.99. The molecule has 5 nitrogen and oxygen atoms in total. The SMILES string of the molecule is COCc1nc(N)no1. The van der Waals surface area contributed by atoms with Crippen LogP contribution in [0.2, 0.25) is 0 Å². The minimum atomic E-state index is 0.141. The smallest absolute Gasteiger partial charge is 0.260 e. The molecule has 0 saturated heterocycles. The number of nitrogens with two attached hydrogens (primary N) is 1. The largest absolute Gasteiger partial charge is 0.375 e. The Kier molecular flexibility index (Phi) is 1.64. The Labute approximate surface area is 51.8 Å². The average molecular weight is 129 g/mol.